The van der Waals surface area contributed by atoms with Crippen LogP contribution in [0, 0.1) is 17.8 Å². The number of allylic oxidation sites excluding steroid dienone is 1. The summed E-state index contributed by atoms with van der Waals surface area (Å²) in [4.78, 5) is 64.7. The summed E-state index contributed by atoms with van der Waals surface area (Å²) >= 11 is 0. The molecule has 4 fully saturated rings. The van der Waals surface area contributed by atoms with Crippen molar-refractivity contribution < 1.29 is 60.1 Å². The number of aromatic nitrogens is 1. The van der Waals surface area contributed by atoms with Gasteiger partial charge in [-0.05, 0) is 93.9 Å². The van der Waals surface area contributed by atoms with E-state index in [2.05, 4.69) is 10.0 Å². The predicted molar refractivity (Wildman–Crippen MR) is 220 cm³/mol. The molecule has 0 bridgehead atoms. The van der Waals surface area contributed by atoms with Gasteiger partial charge in [-0.2, -0.15) is 18.2 Å². The highest BCUT2D eigenvalue weighted by atomic mass is 32.2. The number of morpholine rings is 1. The van der Waals surface area contributed by atoms with Crippen LogP contribution in [-0.2, 0) is 29.1 Å². The van der Waals surface area contributed by atoms with Gasteiger partial charge in [-0.25, -0.2) is 13.2 Å². The van der Waals surface area contributed by atoms with Gasteiger partial charge in [0.05, 0.1) is 31.6 Å². The number of fused-ring (bicyclic) bond motifs is 3. The van der Waals surface area contributed by atoms with Crippen LogP contribution in [0.2, 0.25) is 0 Å². The van der Waals surface area contributed by atoms with Crippen molar-refractivity contribution in [1.82, 2.24) is 24.8 Å². The quantitative estimate of drug-likeness (QED) is 0.296. The fraction of sp³-hybridized carbons (Fsp3) is 0.643. The molecule has 5 aliphatic rings. The van der Waals surface area contributed by atoms with E-state index < -0.39 is 86.4 Å². The van der Waals surface area contributed by atoms with Crippen LogP contribution in [0.5, 0.6) is 11.6 Å². The number of amides is 4. The van der Waals surface area contributed by atoms with Crippen LogP contribution in [0.4, 0.5) is 23.8 Å². The van der Waals surface area contributed by atoms with Gasteiger partial charge in [-0.15, -0.1) is 0 Å². The molecule has 16 nitrogen and oxygen atoms in total. The van der Waals surface area contributed by atoms with Gasteiger partial charge in [-0.1, -0.05) is 26.0 Å². The number of benzene rings is 1. The summed E-state index contributed by atoms with van der Waals surface area (Å²) in [6, 6.07) is 1.17. The van der Waals surface area contributed by atoms with Crippen LogP contribution in [0.3, 0.4) is 0 Å². The highest BCUT2D eigenvalue weighted by molar-refractivity contribution is 7.91. The van der Waals surface area contributed by atoms with Crippen LogP contribution >= 0.6 is 0 Å². The maximum absolute atomic E-state index is 15.1. The number of alkyl halides is 3. The van der Waals surface area contributed by atoms with Crippen molar-refractivity contribution in [2.24, 2.45) is 17.8 Å². The Morgan fingerprint density at radius 2 is 1.84 bits per heavy atom. The number of hydrogen-bond donors (Lipinski definition) is 3. The molecule has 4 amide bonds. The number of carbonyl (C=O) groups is 4. The second-order valence-corrected chi connectivity index (χ2v) is 20.0. The van der Waals surface area contributed by atoms with Gasteiger partial charge < -0.3 is 34.4 Å². The highest BCUT2D eigenvalue weighted by Gasteiger charge is 2.63. The van der Waals surface area contributed by atoms with Gasteiger partial charge in [-0.3, -0.25) is 24.0 Å². The third kappa shape index (κ3) is 8.99. The molecule has 1 aromatic carbocycles. The van der Waals surface area contributed by atoms with Crippen LogP contribution in [-0.4, -0.2) is 133 Å². The standard InChI is InChI=1S/C42H55F3N6O10S/c1-24-8-6-7-9-28-22-41(28,38(54)48-62(57,58)40(4)12-13-40)47-35(52)32-21-30(23-50(32)37(53)34(25(2)18-24)51(39(55)56)26(3)42(43,44)45)61-36-31-11-10-29(59-5)19-27(31)20-33(46-36)49-14-16-60-17-15-49/h7,9-11,19-20,24-26,28,30,32,34H,6,8,12-18,21-23H2,1-5H3,(H,47,52)(H,48,54)(H,55,56)/b9-7-/t24-,25-,26-,28-,30-,32+,34+,41-/m1/s1. The van der Waals surface area contributed by atoms with Gasteiger partial charge in [0.1, 0.15) is 41.3 Å². The van der Waals surface area contributed by atoms with E-state index in [1.54, 1.807) is 24.3 Å². The maximum Gasteiger partial charge on any atom is 0.408 e. The summed E-state index contributed by atoms with van der Waals surface area (Å²) < 4.78 is 88.5. The van der Waals surface area contributed by atoms with Crippen molar-refractivity contribution in [3.8, 4) is 11.6 Å². The smallest absolute Gasteiger partial charge is 0.408 e. The minimum absolute atomic E-state index is 0.0483. The zero-order valence-electron chi connectivity index (χ0n) is 35.4. The molecule has 340 valence electrons. The Balaban J connectivity index is 1.29. The van der Waals surface area contributed by atoms with Crippen LogP contribution in [0.15, 0.2) is 36.4 Å². The number of carbonyl (C=O) groups excluding carboxylic acids is 3. The molecule has 4 heterocycles. The van der Waals surface area contributed by atoms with Gasteiger partial charge >= 0.3 is 12.3 Å². The van der Waals surface area contributed by atoms with Crippen molar-refractivity contribution in [2.45, 2.75) is 113 Å². The van der Waals surface area contributed by atoms with Crippen molar-refractivity contribution in [2.75, 3.05) is 44.9 Å². The van der Waals surface area contributed by atoms with Crippen molar-refractivity contribution in [3.63, 3.8) is 0 Å². The fourth-order valence-corrected chi connectivity index (χ4v) is 10.3. The zero-order valence-corrected chi connectivity index (χ0v) is 36.3. The summed E-state index contributed by atoms with van der Waals surface area (Å²) in [6.45, 7) is 7.22. The molecule has 2 saturated heterocycles. The summed E-state index contributed by atoms with van der Waals surface area (Å²) in [7, 11) is -2.60. The van der Waals surface area contributed by atoms with Crippen LogP contribution in [0.1, 0.15) is 72.6 Å². The Hall–Kier alpha value is -4.85. The number of sulfonamides is 1. The summed E-state index contributed by atoms with van der Waals surface area (Å²) in [6.07, 6.45) is -2.79. The van der Waals surface area contributed by atoms with E-state index >= 15 is 4.79 Å². The van der Waals surface area contributed by atoms with E-state index in [1.807, 2.05) is 24.0 Å². The number of ether oxygens (including phenoxy) is 3. The van der Waals surface area contributed by atoms with Crippen LogP contribution in [0.25, 0.3) is 10.8 Å². The Kier molecular flexibility index (Phi) is 12.4. The average Bonchev–Trinajstić information content (AvgIpc) is 4.10. The Bertz CT molecular complexity index is 2220. The molecule has 2 aromatic rings. The number of methoxy groups -OCH3 is 1. The SMILES string of the molecule is COc1ccc2c(O[C@@H]3C[C@H]4C(=O)N[C@]5(C(=O)NS(=O)(=O)C6(C)CC6)C[C@H]5/C=C\CC[C@@H](C)C[C@@H](C)[C@H](N(C(=O)O)[C@H](C)C(F)(F)F)C(=O)N4C3)nc(N3CCOCC3)cc2c1. The van der Waals surface area contributed by atoms with Crippen molar-refractivity contribution in [1.29, 1.82) is 0 Å². The molecular formula is C42H55F3N6O10S. The highest BCUT2D eigenvalue weighted by Crippen LogP contribution is 2.48. The third-order valence-corrected chi connectivity index (χ3v) is 15.4. The molecule has 62 heavy (non-hydrogen) atoms. The number of nitrogens with zero attached hydrogens (tertiary/aromatic N) is 4. The number of carboxylic acid groups (broad SMARTS) is 1. The van der Waals surface area contributed by atoms with Gasteiger partial charge in [0, 0.05) is 30.8 Å². The summed E-state index contributed by atoms with van der Waals surface area (Å²) in [5.74, 6) is -3.33. The van der Waals surface area contributed by atoms with E-state index in [0.717, 1.165) is 4.90 Å². The Morgan fingerprint density at radius 3 is 2.48 bits per heavy atom. The Morgan fingerprint density at radius 1 is 1.13 bits per heavy atom. The molecule has 0 spiro atoms. The lowest BCUT2D eigenvalue weighted by molar-refractivity contribution is -0.184. The fourth-order valence-electron chi connectivity index (χ4n) is 8.97. The first kappa shape index (κ1) is 45.2. The van der Waals surface area contributed by atoms with Crippen molar-refractivity contribution >= 4 is 50.4 Å². The molecule has 3 aliphatic heterocycles. The molecule has 2 aliphatic carbocycles. The molecule has 7 rings (SSSR count). The first-order chi connectivity index (χ1) is 29.2. The molecule has 8 atom stereocenters. The number of anilines is 1. The maximum atomic E-state index is 15.1. The first-order valence-corrected chi connectivity index (χ1v) is 22.6. The van der Waals surface area contributed by atoms with E-state index in [0.29, 0.717) is 81.3 Å². The topological polar surface area (TPSA) is 197 Å². The molecule has 0 radical (unpaired) electrons. The van der Waals surface area contributed by atoms with Crippen molar-refractivity contribution in [3.05, 3.63) is 36.4 Å². The second-order valence-electron chi connectivity index (χ2n) is 17.8. The molecule has 3 N–H and O–H groups in total. The van der Waals surface area contributed by atoms with E-state index in [-0.39, 0.29) is 42.5 Å². The molecule has 2 saturated carbocycles. The first-order valence-electron chi connectivity index (χ1n) is 21.1. The third-order valence-electron chi connectivity index (χ3n) is 13.2. The molecule has 20 heteroatoms. The minimum Gasteiger partial charge on any atom is -0.497 e. The number of hydrogen-bond acceptors (Lipinski definition) is 11. The summed E-state index contributed by atoms with van der Waals surface area (Å²) in [5, 5.41) is 14.4. The largest absolute Gasteiger partial charge is 0.497 e. The second kappa shape index (κ2) is 17.0. The number of halogens is 3. The van der Waals surface area contributed by atoms with Crippen LogP contribution < -0.4 is 24.4 Å². The Labute approximate surface area is 358 Å². The van der Waals surface area contributed by atoms with Gasteiger partial charge in [0.2, 0.25) is 27.7 Å². The molecule has 1 aromatic heterocycles. The average molecular weight is 893 g/mol. The number of pyridine rings is 1. The number of nitrogens with one attached hydrogen (secondary N) is 2. The van der Waals surface area contributed by atoms with Gasteiger partial charge in [0.15, 0.2) is 0 Å². The monoisotopic (exact) mass is 892 g/mol. The van der Waals surface area contributed by atoms with Gasteiger partial charge in [0.25, 0.3) is 5.91 Å². The lowest BCUT2D eigenvalue weighted by atomic mass is 9.86. The molecular weight excluding hydrogens is 838 g/mol. The van der Waals surface area contributed by atoms with E-state index in [4.69, 9.17) is 19.2 Å². The van der Waals surface area contributed by atoms with E-state index in [1.165, 1.54) is 21.0 Å². The minimum atomic E-state index is -5.04. The lowest BCUT2D eigenvalue weighted by Gasteiger charge is -2.40. The normalized spacial score (nSPS) is 30.1. The predicted octanol–water partition coefficient (Wildman–Crippen LogP) is 4.61. The zero-order chi connectivity index (χ0) is 44.9. The van der Waals surface area contributed by atoms with E-state index in [9.17, 15) is 41.1 Å². The lowest BCUT2D eigenvalue weighted by Crippen LogP contribution is -2.62. The summed E-state index contributed by atoms with van der Waals surface area (Å²) in [5.41, 5.74) is -1.72. The molecule has 0 unspecified atom stereocenters. The number of rotatable bonds is 9.